The molecule has 122 valence electrons. The highest BCUT2D eigenvalue weighted by Crippen LogP contribution is 2.22. The van der Waals surface area contributed by atoms with Gasteiger partial charge in [-0.3, -0.25) is 9.69 Å². The van der Waals surface area contributed by atoms with E-state index >= 15 is 0 Å². The summed E-state index contributed by atoms with van der Waals surface area (Å²) < 4.78 is 0. The zero-order chi connectivity index (χ0) is 15.2. The van der Waals surface area contributed by atoms with Crippen molar-refractivity contribution in [2.45, 2.75) is 65.0 Å². The lowest BCUT2D eigenvalue weighted by atomic mass is 9.96. The zero-order valence-corrected chi connectivity index (χ0v) is 14.0. The van der Waals surface area contributed by atoms with Crippen LogP contribution in [0.5, 0.6) is 0 Å². The smallest absolute Gasteiger partial charge is 0.237 e. The van der Waals surface area contributed by atoms with Crippen molar-refractivity contribution in [2.75, 3.05) is 26.2 Å². The third-order valence-electron chi connectivity index (χ3n) is 4.77. The van der Waals surface area contributed by atoms with Crippen LogP contribution in [-0.4, -0.2) is 49.1 Å². The summed E-state index contributed by atoms with van der Waals surface area (Å²) >= 11 is 0. The molecule has 1 saturated carbocycles. The summed E-state index contributed by atoms with van der Waals surface area (Å²) in [6.45, 7) is 10.5. The fraction of sp³-hybridized carbons (Fsp3) is 0.941. The Morgan fingerprint density at radius 3 is 2.67 bits per heavy atom. The van der Waals surface area contributed by atoms with Crippen LogP contribution in [0.25, 0.3) is 0 Å². The Labute approximate surface area is 130 Å². The molecule has 2 rings (SSSR count). The molecule has 1 aliphatic carbocycles. The quantitative estimate of drug-likeness (QED) is 0.720. The van der Waals surface area contributed by atoms with Crippen molar-refractivity contribution in [3.05, 3.63) is 0 Å². The fourth-order valence-electron chi connectivity index (χ4n) is 3.03. The summed E-state index contributed by atoms with van der Waals surface area (Å²) in [5, 5.41) is 6.72. The normalized spacial score (nSPS) is 25.0. The summed E-state index contributed by atoms with van der Waals surface area (Å²) in [6.07, 6.45) is 6.29. The van der Waals surface area contributed by atoms with Crippen LogP contribution >= 0.6 is 0 Å². The Bertz CT molecular complexity index is 328. The molecule has 0 aromatic rings. The predicted octanol–water partition coefficient (Wildman–Crippen LogP) is 2.00. The molecule has 2 unspecified atom stereocenters. The second-order valence-electron chi connectivity index (χ2n) is 7.34. The molecule has 1 amide bonds. The topological polar surface area (TPSA) is 44.4 Å². The van der Waals surface area contributed by atoms with Crippen LogP contribution in [0.3, 0.4) is 0 Å². The van der Waals surface area contributed by atoms with E-state index in [1.165, 1.54) is 25.7 Å². The van der Waals surface area contributed by atoms with Crippen LogP contribution in [0.4, 0.5) is 0 Å². The third-order valence-corrected chi connectivity index (χ3v) is 4.77. The SMILES string of the molecule is CC(C)CCNC(=O)C(C)N1CCCC(CNC2CC2)C1. The number of hydrogen-bond acceptors (Lipinski definition) is 3. The molecule has 0 radical (unpaired) electrons. The molecule has 4 nitrogen and oxygen atoms in total. The van der Waals surface area contributed by atoms with Crippen LogP contribution < -0.4 is 10.6 Å². The largest absolute Gasteiger partial charge is 0.355 e. The number of nitrogens with one attached hydrogen (secondary N) is 2. The monoisotopic (exact) mass is 295 g/mol. The fourth-order valence-corrected chi connectivity index (χ4v) is 3.03. The maximum atomic E-state index is 12.2. The van der Waals surface area contributed by atoms with Crippen LogP contribution in [-0.2, 0) is 4.79 Å². The minimum absolute atomic E-state index is 0.0147. The molecule has 0 bridgehead atoms. The first-order valence-corrected chi connectivity index (χ1v) is 8.81. The van der Waals surface area contributed by atoms with Gasteiger partial charge in [0.25, 0.3) is 0 Å². The molecule has 2 aliphatic rings. The average Bonchev–Trinajstić information content (AvgIpc) is 3.28. The molecule has 21 heavy (non-hydrogen) atoms. The van der Waals surface area contributed by atoms with Gasteiger partial charge >= 0.3 is 0 Å². The molecule has 2 fully saturated rings. The number of rotatable bonds is 8. The van der Waals surface area contributed by atoms with Crippen molar-refractivity contribution < 1.29 is 4.79 Å². The van der Waals surface area contributed by atoms with Gasteiger partial charge < -0.3 is 10.6 Å². The van der Waals surface area contributed by atoms with E-state index in [9.17, 15) is 4.79 Å². The Morgan fingerprint density at radius 1 is 1.24 bits per heavy atom. The van der Waals surface area contributed by atoms with Gasteiger partial charge in [-0.1, -0.05) is 13.8 Å². The molecule has 1 heterocycles. The Morgan fingerprint density at radius 2 is 2.00 bits per heavy atom. The van der Waals surface area contributed by atoms with Gasteiger partial charge in [0.2, 0.25) is 5.91 Å². The van der Waals surface area contributed by atoms with Crippen LogP contribution in [0.1, 0.15) is 52.9 Å². The Balaban J connectivity index is 1.69. The number of carbonyl (C=O) groups excluding carboxylic acids is 1. The molecule has 2 N–H and O–H groups in total. The molecular formula is C17H33N3O. The third kappa shape index (κ3) is 5.95. The van der Waals surface area contributed by atoms with E-state index in [4.69, 9.17) is 0 Å². The molecule has 4 heteroatoms. The first-order chi connectivity index (χ1) is 10.1. The Hall–Kier alpha value is -0.610. The van der Waals surface area contributed by atoms with E-state index in [-0.39, 0.29) is 11.9 Å². The van der Waals surface area contributed by atoms with Gasteiger partial charge in [-0.15, -0.1) is 0 Å². The average molecular weight is 295 g/mol. The number of carbonyl (C=O) groups is 1. The van der Waals surface area contributed by atoms with Crippen molar-refractivity contribution in [2.24, 2.45) is 11.8 Å². The summed E-state index contributed by atoms with van der Waals surface area (Å²) in [5.74, 6) is 1.56. The van der Waals surface area contributed by atoms with Crippen molar-refractivity contribution in [1.82, 2.24) is 15.5 Å². The van der Waals surface area contributed by atoms with E-state index in [2.05, 4.69) is 36.3 Å². The second kappa shape index (κ2) is 8.14. The summed E-state index contributed by atoms with van der Waals surface area (Å²) in [5.41, 5.74) is 0. The molecule has 0 spiro atoms. The van der Waals surface area contributed by atoms with Gasteiger partial charge in [0.1, 0.15) is 0 Å². The van der Waals surface area contributed by atoms with Gasteiger partial charge in [-0.2, -0.15) is 0 Å². The lowest BCUT2D eigenvalue weighted by Gasteiger charge is -2.36. The number of likely N-dealkylation sites (tertiary alicyclic amines) is 1. The summed E-state index contributed by atoms with van der Waals surface area (Å²) in [6, 6.07) is 0.804. The Kier molecular flexibility index (Phi) is 6.49. The maximum Gasteiger partial charge on any atom is 0.237 e. The highest BCUT2D eigenvalue weighted by atomic mass is 16.2. The van der Waals surface area contributed by atoms with Gasteiger partial charge in [0.15, 0.2) is 0 Å². The number of amides is 1. The van der Waals surface area contributed by atoms with Crippen molar-refractivity contribution in [3.63, 3.8) is 0 Å². The standard InChI is InChI=1S/C17H33N3O/c1-13(2)8-9-18-17(21)14(3)20-10-4-5-15(12-20)11-19-16-6-7-16/h13-16,19H,4-12H2,1-3H3,(H,18,21). The van der Waals surface area contributed by atoms with Crippen LogP contribution in [0.15, 0.2) is 0 Å². The van der Waals surface area contributed by atoms with Crippen molar-refractivity contribution in [3.8, 4) is 0 Å². The van der Waals surface area contributed by atoms with Crippen molar-refractivity contribution in [1.29, 1.82) is 0 Å². The van der Waals surface area contributed by atoms with E-state index in [1.807, 2.05) is 0 Å². The summed E-state index contributed by atoms with van der Waals surface area (Å²) in [7, 11) is 0. The maximum absolute atomic E-state index is 12.2. The van der Waals surface area contributed by atoms with Crippen LogP contribution in [0.2, 0.25) is 0 Å². The zero-order valence-electron chi connectivity index (χ0n) is 14.0. The van der Waals surface area contributed by atoms with E-state index < -0.39 is 0 Å². The lowest BCUT2D eigenvalue weighted by molar-refractivity contribution is -0.126. The molecule has 0 aromatic carbocycles. The van der Waals surface area contributed by atoms with E-state index in [1.54, 1.807) is 0 Å². The molecule has 1 aliphatic heterocycles. The molecule has 1 saturated heterocycles. The molecular weight excluding hydrogens is 262 g/mol. The second-order valence-corrected chi connectivity index (χ2v) is 7.34. The molecule has 0 aromatic heterocycles. The first-order valence-electron chi connectivity index (χ1n) is 8.81. The summed E-state index contributed by atoms with van der Waals surface area (Å²) in [4.78, 5) is 14.6. The highest BCUT2D eigenvalue weighted by Gasteiger charge is 2.28. The minimum atomic E-state index is 0.0147. The van der Waals surface area contributed by atoms with Gasteiger partial charge in [-0.25, -0.2) is 0 Å². The lowest BCUT2D eigenvalue weighted by Crippen LogP contribution is -2.50. The first kappa shape index (κ1) is 16.8. The van der Waals surface area contributed by atoms with E-state index in [0.717, 1.165) is 38.6 Å². The minimum Gasteiger partial charge on any atom is -0.355 e. The number of piperidine rings is 1. The number of nitrogens with zero attached hydrogens (tertiary/aromatic N) is 1. The van der Waals surface area contributed by atoms with Crippen LogP contribution in [0, 0.1) is 11.8 Å². The van der Waals surface area contributed by atoms with Crippen molar-refractivity contribution >= 4 is 5.91 Å². The van der Waals surface area contributed by atoms with Gasteiger partial charge in [0, 0.05) is 19.1 Å². The molecule has 2 atom stereocenters. The predicted molar refractivity (Wildman–Crippen MR) is 87.2 cm³/mol. The van der Waals surface area contributed by atoms with Gasteiger partial charge in [0.05, 0.1) is 6.04 Å². The van der Waals surface area contributed by atoms with E-state index in [0.29, 0.717) is 11.8 Å². The highest BCUT2D eigenvalue weighted by molar-refractivity contribution is 5.81. The number of hydrogen-bond donors (Lipinski definition) is 2. The van der Waals surface area contributed by atoms with Gasteiger partial charge in [-0.05, 0) is 64.0 Å².